The molecule has 0 aliphatic heterocycles. The molecule has 0 amide bonds. The van der Waals surface area contributed by atoms with Gasteiger partial charge in [0.1, 0.15) is 5.75 Å². The zero-order valence-electron chi connectivity index (χ0n) is 10.9. The molecular formula is C15H20N2O. The molecule has 0 bridgehead atoms. The average Bonchev–Trinajstić information content (AvgIpc) is 2.39. The molecular weight excluding hydrogens is 224 g/mol. The van der Waals surface area contributed by atoms with E-state index in [2.05, 4.69) is 24.1 Å². The third-order valence-electron chi connectivity index (χ3n) is 3.85. The first kappa shape index (κ1) is 12.9. The molecule has 1 aromatic rings. The summed E-state index contributed by atoms with van der Waals surface area (Å²) in [5, 5.41) is 18.4. The fraction of sp³-hybridized carbons (Fsp3) is 0.533. The third-order valence-corrected chi connectivity index (χ3v) is 3.85. The van der Waals surface area contributed by atoms with E-state index >= 15 is 0 Å². The van der Waals surface area contributed by atoms with Crippen molar-refractivity contribution < 1.29 is 5.11 Å². The summed E-state index contributed by atoms with van der Waals surface area (Å²) in [6, 6.07) is 8.54. The molecule has 1 aromatic carbocycles. The Hall–Kier alpha value is -1.53. The number of hydrogen-bond acceptors (Lipinski definition) is 3. The van der Waals surface area contributed by atoms with Crippen LogP contribution in [0.5, 0.6) is 5.75 Å². The predicted molar refractivity (Wildman–Crippen MR) is 71.4 cm³/mol. The highest BCUT2D eigenvalue weighted by atomic mass is 16.3. The van der Waals surface area contributed by atoms with Gasteiger partial charge in [-0.1, -0.05) is 12.1 Å². The van der Waals surface area contributed by atoms with Gasteiger partial charge in [0.15, 0.2) is 0 Å². The van der Waals surface area contributed by atoms with Gasteiger partial charge in [0.05, 0.1) is 6.07 Å². The molecule has 3 nitrogen and oxygen atoms in total. The lowest BCUT2D eigenvalue weighted by molar-refractivity contribution is 0.219. The molecule has 1 aliphatic rings. The Morgan fingerprint density at radius 3 is 3.11 bits per heavy atom. The van der Waals surface area contributed by atoms with Crippen LogP contribution in [0.1, 0.15) is 30.4 Å². The Labute approximate surface area is 109 Å². The number of nitrogens with zero attached hydrogens (tertiary/aromatic N) is 2. The van der Waals surface area contributed by atoms with Gasteiger partial charge in [-0.25, -0.2) is 0 Å². The van der Waals surface area contributed by atoms with Crippen LogP contribution in [-0.2, 0) is 12.8 Å². The second-order valence-corrected chi connectivity index (χ2v) is 5.05. The topological polar surface area (TPSA) is 47.3 Å². The van der Waals surface area contributed by atoms with Crippen molar-refractivity contribution >= 4 is 0 Å². The van der Waals surface area contributed by atoms with E-state index in [9.17, 15) is 5.11 Å². The first-order chi connectivity index (χ1) is 8.72. The molecule has 0 radical (unpaired) electrons. The van der Waals surface area contributed by atoms with E-state index in [4.69, 9.17) is 5.26 Å². The molecule has 0 aromatic heterocycles. The number of nitriles is 1. The summed E-state index contributed by atoms with van der Waals surface area (Å²) in [5.74, 6) is 0.443. The lowest BCUT2D eigenvalue weighted by Crippen LogP contribution is -2.37. The minimum Gasteiger partial charge on any atom is -0.508 e. The summed E-state index contributed by atoms with van der Waals surface area (Å²) in [6.45, 7) is 0.979. The minimum absolute atomic E-state index is 0.443. The number of unbranched alkanes of at least 4 members (excludes halogenated alkanes) is 1. The maximum atomic E-state index is 9.80. The number of rotatable bonds is 4. The smallest absolute Gasteiger partial charge is 0.119 e. The van der Waals surface area contributed by atoms with Crippen LogP contribution >= 0.6 is 0 Å². The molecule has 96 valence electrons. The number of phenols is 1. The van der Waals surface area contributed by atoms with Crippen LogP contribution < -0.4 is 0 Å². The number of likely N-dealkylation sites (N-methyl/N-ethyl adjacent to an activating group) is 1. The molecule has 3 heteroatoms. The number of aromatic hydroxyl groups is 1. The number of phenolic OH excluding ortho intramolecular Hbond substituents is 1. The van der Waals surface area contributed by atoms with E-state index in [0.29, 0.717) is 18.2 Å². The van der Waals surface area contributed by atoms with Gasteiger partial charge in [0.2, 0.25) is 0 Å². The lowest BCUT2D eigenvalue weighted by Gasteiger charge is -2.32. The number of hydrogen-bond donors (Lipinski definition) is 1. The highest BCUT2D eigenvalue weighted by molar-refractivity contribution is 5.41. The first-order valence-electron chi connectivity index (χ1n) is 6.59. The van der Waals surface area contributed by atoms with Crippen molar-refractivity contribution in [3.05, 3.63) is 29.3 Å². The molecule has 18 heavy (non-hydrogen) atoms. The summed E-state index contributed by atoms with van der Waals surface area (Å²) in [7, 11) is 2.13. The van der Waals surface area contributed by atoms with E-state index in [1.54, 1.807) is 6.07 Å². The lowest BCUT2D eigenvalue weighted by atomic mass is 9.87. The Bertz CT molecular complexity index is 450. The monoisotopic (exact) mass is 244 g/mol. The molecule has 1 aliphatic carbocycles. The van der Waals surface area contributed by atoms with E-state index in [1.807, 2.05) is 6.07 Å². The molecule has 1 N–H and O–H groups in total. The second-order valence-electron chi connectivity index (χ2n) is 5.05. The number of benzene rings is 1. The molecule has 0 heterocycles. The highest BCUT2D eigenvalue weighted by Gasteiger charge is 2.23. The van der Waals surface area contributed by atoms with Crippen molar-refractivity contribution in [1.82, 2.24) is 4.90 Å². The van der Waals surface area contributed by atoms with Gasteiger partial charge < -0.3 is 10.0 Å². The quantitative estimate of drug-likeness (QED) is 0.828. The molecule has 0 fully saturated rings. The maximum Gasteiger partial charge on any atom is 0.119 e. The van der Waals surface area contributed by atoms with Crippen molar-refractivity contribution in [2.45, 2.75) is 38.1 Å². The zero-order chi connectivity index (χ0) is 13.0. The Morgan fingerprint density at radius 2 is 2.33 bits per heavy atom. The second kappa shape index (κ2) is 5.88. The van der Waals surface area contributed by atoms with Crippen LogP contribution in [0.25, 0.3) is 0 Å². The summed E-state index contributed by atoms with van der Waals surface area (Å²) >= 11 is 0. The Morgan fingerprint density at radius 1 is 1.50 bits per heavy atom. The van der Waals surface area contributed by atoms with Gasteiger partial charge >= 0.3 is 0 Å². The van der Waals surface area contributed by atoms with Gasteiger partial charge in [0, 0.05) is 12.5 Å². The minimum atomic E-state index is 0.443. The van der Waals surface area contributed by atoms with Gasteiger partial charge in [-0.05, 0) is 56.5 Å². The predicted octanol–water partition coefficient (Wildman–Crippen LogP) is 2.49. The van der Waals surface area contributed by atoms with Crippen LogP contribution in [0.4, 0.5) is 0 Å². The number of fused-ring (bicyclic) bond motifs is 1. The summed E-state index contributed by atoms with van der Waals surface area (Å²) in [4.78, 5) is 2.35. The SMILES string of the molecule is CN(CCCC#N)[C@H]1CCc2c(O)cccc2C1. The normalized spacial score (nSPS) is 18.4. The zero-order valence-corrected chi connectivity index (χ0v) is 10.9. The highest BCUT2D eigenvalue weighted by Crippen LogP contribution is 2.30. The molecule has 0 unspecified atom stereocenters. The summed E-state index contributed by atoms with van der Waals surface area (Å²) < 4.78 is 0. The van der Waals surface area contributed by atoms with Crippen molar-refractivity contribution in [3.63, 3.8) is 0 Å². The van der Waals surface area contributed by atoms with E-state index in [-0.39, 0.29) is 0 Å². The Balaban J connectivity index is 1.97. The maximum absolute atomic E-state index is 9.80. The summed E-state index contributed by atoms with van der Waals surface area (Å²) in [5.41, 5.74) is 2.40. The van der Waals surface area contributed by atoms with Crippen molar-refractivity contribution in [1.29, 1.82) is 5.26 Å². The van der Waals surface area contributed by atoms with Crippen LogP contribution in [0.2, 0.25) is 0 Å². The largest absolute Gasteiger partial charge is 0.508 e. The molecule has 0 spiro atoms. The van der Waals surface area contributed by atoms with Crippen molar-refractivity contribution in [2.75, 3.05) is 13.6 Å². The van der Waals surface area contributed by atoms with Gasteiger partial charge in [0.25, 0.3) is 0 Å². The molecule has 0 saturated heterocycles. The third kappa shape index (κ3) is 2.83. The fourth-order valence-corrected chi connectivity index (χ4v) is 2.73. The van der Waals surface area contributed by atoms with Crippen LogP contribution in [-0.4, -0.2) is 29.6 Å². The van der Waals surface area contributed by atoms with E-state index < -0.39 is 0 Å². The first-order valence-corrected chi connectivity index (χ1v) is 6.59. The van der Waals surface area contributed by atoms with Crippen molar-refractivity contribution in [2.24, 2.45) is 0 Å². The average molecular weight is 244 g/mol. The molecule has 0 saturated carbocycles. The van der Waals surface area contributed by atoms with Crippen LogP contribution in [0.15, 0.2) is 18.2 Å². The standard InChI is InChI=1S/C15H20N2O/c1-17(10-3-2-9-16)13-7-8-14-12(11-13)5-4-6-15(14)18/h4-6,13,18H,2-3,7-8,10-11H2,1H3/t13-/m0/s1. The Kier molecular flexibility index (Phi) is 4.22. The van der Waals surface area contributed by atoms with Gasteiger partial charge in [-0.2, -0.15) is 5.26 Å². The molecule has 1 atom stereocenters. The summed E-state index contributed by atoms with van der Waals surface area (Å²) in [6.07, 6.45) is 4.63. The van der Waals surface area contributed by atoms with Crippen LogP contribution in [0.3, 0.4) is 0 Å². The van der Waals surface area contributed by atoms with Crippen LogP contribution in [0, 0.1) is 11.3 Å². The molecule has 2 rings (SSSR count). The fourth-order valence-electron chi connectivity index (χ4n) is 2.73. The van der Waals surface area contributed by atoms with Gasteiger partial charge in [-0.15, -0.1) is 0 Å². The van der Waals surface area contributed by atoms with E-state index in [0.717, 1.165) is 37.8 Å². The van der Waals surface area contributed by atoms with Crippen molar-refractivity contribution in [3.8, 4) is 11.8 Å². The van der Waals surface area contributed by atoms with Gasteiger partial charge in [-0.3, -0.25) is 0 Å². The van der Waals surface area contributed by atoms with E-state index in [1.165, 1.54) is 5.56 Å².